The summed E-state index contributed by atoms with van der Waals surface area (Å²) >= 11 is 0. The summed E-state index contributed by atoms with van der Waals surface area (Å²) in [4.78, 5) is 30.8. The predicted octanol–water partition coefficient (Wildman–Crippen LogP) is 3.43. The molecule has 1 aliphatic heterocycles. The lowest BCUT2D eigenvalue weighted by Crippen LogP contribution is -2.27. The first kappa shape index (κ1) is 21.1. The van der Waals surface area contributed by atoms with E-state index in [4.69, 9.17) is 0 Å². The summed E-state index contributed by atoms with van der Waals surface area (Å²) in [5, 5.41) is 5.75. The van der Waals surface area contributed by atoms with Gasteiger partial charge in [-0.25, -0.2) is 10.2 Å². The van der Waals surface area contributed by atoms with Crippen LogP contribution in [0.5, 0.6) is 0 Å². The molecule has 2 heterocycles. The maximum atomic E-state index is 13.1. The maximum absolute atomic E-state index is 13.1. The van der Waals surface area contributed by atoms with Crippen LogP contribution in [0.1, 0.15) is 11.1 Å². The van der Waals surface area contributed by atoms with E-state index in [1.165, 1.54) is 4.90 Å². The third kappa shape index (κ3) is 4.76. The van der Waals surface area contributed by atoms with Crippen LogP contribution in [-0.4, -0.2) is 35.9 Å². The highest BCUT2D eigenvalue weighted by Crippen LogP contribution is 2.29. The summed E-state index contributed by atoms with van der Waals surface area (Å²) < 4.78 is 0. The van der Waals surface area contributed by atoms with Gasteiger partial charge in [-0.15, -0.1) is 0 Å². The largest absolute Gasteiger partial charge is 0.331 e. The molecule has 4 N–H and O–H groups in total. The van der Waals surface area contributed by atoms with Gasteiger partial charge in [0.1, 0.15) is 0 Å². The molecule has 32 heavy (non-hydrogen) atoms. The second-order valence-electron chi connectivity index (χ2n) is 7.53. The molecule has 4 rings (SSSR count). The van der Waals surface area contributed by atoms with E-state index in [0.29, 0.717) is 17.8 Å². The van der Waals surface area contributed by atoms with Crippen molar-refractivity contribution in [1.82, 2.24) is 20.7 Å². The van der Waals surface area contributed by atoms with Gasteiger partial charge in [-0.3, -0.25) is 9.78 Å². The summed E-state index contributed by atoms with van der Waals surface area (Å²) in [6.45, 7) is 0.561. The summed E-state index contributed by atoms with van der Waals surface area (Å²) in [7, 11) is 3.35. The number of hydrogen-bond donors (Lipinski definition) is 4. The number of aromatic nitrogens is 1. The monoisotopic (exact) mass is 428 g/mol. The van der Waals surface area contributed by atoms with Gasteiger partial charge in [0.15, 0.2) is 0 Å². The van der Waals surface area contributed by atoms with Crippen molar-refractivity contribution < 1.29 is 9.59 Å². The molecule has 162 valence electrons. The van der Waals surface area contributed by atoms with Crippen LogP contribution in [0.25, 0.3) is 16.7 Å². The normalized spacial score (nSPS) is 12.5. The first-order valence-corrected chi connectivity index (χ1v) is 10.1. The number of amides is 3. The van der Waals surface area contributed by atoms with Crippen LogP contribution in [0.2, 0.25) is 0 Å². The lowest BCUT2D eigenvalue weighted by Gasteiger charge is -2.14. The van der Waals surface area contributed by atoms with E-state index >= 15 is 0 Å². The fraction of sp³-hybridized carbons (Fsp3) is 0.125. The topological polar surface area (TPSA) is 98.4 Å². The van der Waals surface area contributed by atoms with Gasteiger partial charge in [0.25, 0.3) is 5.91 Å². The van der Waals surface area contributed by atoms with Gasteiger partial charge >= 0.3 is 6.03 Å². The van der Waals surface area contributed by atoms with Gasteiger partial charge in [0.2, 0.25) is 0 Å². The van der Waals surface area contributed by atoms with Gasteiger partial charge in [-0.05, 0) is 41.0 Å². The Balaban J connectivity index is 1.65. The number of anilines is 2. The number of hydrazine groups is 1. The zero-order valence-corrected chi connectivity index (χ0v) is 17.8. The smallest absolute Gasteiger partial charge is 0.321 e. The van der Waals surface area contributed by atoms with Crippen LogP contribution in [-0.2, 0) is 11.3 Å². The number of pyridine rings is 1. The Hall–Kier alpha value is -4.17. The molecular weight excluding hydrogens is 404 g/mol. The van der Waals surface area contributed by atoms with Crippen molar-refractivity contribution in [1.29, 1.82) is 0 Å². The van der Waals surface area contributed by atoms with E-state index in [-0.39, 0.29) is 11.9 Å². The lowest BCUT2D eigenvalue weighted by molar-refractivity contribution is -0.111. The molecule has 0 fully saturated rings. The molecule has 8 nitrogen and oxygen atoms in total. The molecule has 0 saturated heterocycles. The summed E-state index contributed by atoms with van der Waals surface area (Å²) in [6, 6.07) is 16.9. The highest BCUT2D eigenvalue weighted by Gasteiger charge is 2.19. The van der Waals surface area contributed by atoms with Crippen molar-refractivity contribution in [3.05, 3.63) is 84.3 Å². The summed E-state index contributed by atoms with van der Waals surface area (Å²) in [5.41, 5.74) is 11.4. The maximum Gasteiger partial charge on any atom is 0.321 e. The average molecular weight is 428 g/mol. The molecule has 0 unspecified atom stereocenters. The molecule has 3 aromatic rings. The van der Waals surface area contributed by atoms with E-state index in [9.17, 15) is 9.59 Å². The van der Waals surface area contributed by atoms with Gasteiger partial charge in [-0.1, -0.05) is 30.3 Å². The fourth-order valence-electron chi connectivity index (χ4n) is 3.32. The third-order valence-corrected chi connectivity index (χ3v) is 5.00. The van der Waals surface area contributed by atoms with Crippen molar-refractivity contribution in [2.75, 3.05) is 24.7 Å². The van der Waals surface area contributed by atoms with Crippen molar-refractivity contribution in [3.63, 3.8) is 0 Å². The third-order valence-electron chi connectivity index (χ3n) is 5.00. The molecule has 0 atom stereocenters. The van der Waals surface area contributed by atoms with Gasteiger partial charge in [0.05, 0.1) is 17.5 Å². The minimum Gasteiger partial charge on any atom is -0.331 e. The van der Waals surface area contributed by atoms with E-state index in [1.807, 2.05) is 54.6 Å². The first-order valence-electron chi connectivity index (χ1n) is 10.1. The predicted molar refractivity (Wildman–Crippen MR) is 125 cm³/mol. The number of carbonyl (C=O) groups is 2. The van der Waals surface area contributed by atoms with Crippen LogP contribution < -0.4 is 21.5 Å². The molecule has 1 aliphatic rings. The fourth-order valence-corrected chi connectivity index (χ4v) is 3.32. The van der Waals surface area contributed by atoms with Gasteiger partial charge in [0, 0.05) is 44.3 Å². The van der Waals surface area contributed by atoms with Crippen LogP contribution >= 0.6 is 0 Å². The average Bonchev–Trinajstić information content (AvgIpc) is 3.02. The standard InChI is InChI=1S/C24H24N6O2/c1-30(2)24(32)29-20-10-18(12-25-14-20)16-8-9-17-13-26-27-15-22(21(17)11-16)23(31)28-19-6-4-3-5-7-19/h3-12,14-15,26-27H,13H2,1-2H3,(H,28,31)(H,29,32). The van der Waals surface area contributed by atoms with Gasteiger partial charge in [-0.2, -0.15) is 0 Å². The number of nitrogens with one attached hydrogen (secondary N) is 4. The number of carbonyl (C=O) groups excluding carboxylic acids is 2. The molecule has 0 saturated carbocycles. The van der Waals surface area contributed by atoms with E-state index in [1.54, 1.807) is 32.7 Å². The molecule has 0 radical (unpaired) electrons. The van der Waals surface area contributed by atoms with Crippen LogP contribution in [0.4, 0.5) is 16.2 Å². The number of rotatable bonds is 4. The molecule has 0 bridgehead atoms. The Morgan fingerprint density at radius 2 is 1.75 bits per heavy atom. The van der Waals surface area contributed by atoms with E-state index < -0.39 is 0 Å². The zero-order chi connectivity index (χ0) is 22.5. The summed E-state index contributed by atoms with van der Waals surface area (Å²) in [6.07, 6.45) is 4.99. The van der Waals surface area contributed by atoms with Gasteiger partial charge < -0.3 is 21.0 Å². The molecule has 3 amide bonds. The molecule has 2 aromatic carbocycles. The van der Waals surface area contributed by atoms with Crippen molar-refractivity contribution in [2.24, 2.45) is 0 Å². The van der Waals surface area contributed by atoms with Crippen LogP contribution in [0.15, 0.2) is 73.2 Å². The van der Waals surface area contributed by atoms with Crippen molar-refractivity contribution >= 4 is 28.9 Å². The SMILES string of the molecule is CN(C)C(=O)Nc1cncc(-c2ccc3c(c2)C(C(=O)Nc2ccccc2)=CNNC3)c1. The van der Waals surface area contributed by atoms with Crippen LogP contribution in [0.3, 0.4) is 0 Å². The number of hydrogen-bond acceptors (Lipinski definition) is 5. The number of urea groups is 1. The number of nitrogens with zero attached hydrogens (tertiary/aromatic N) is 2. The first-order chi connectivity index (χ1) is 15.5. The number of fused-ring (bicyclic) bond motifs is 1. The molecule has 0 aliphatic carbocycles. The summed E-state index contributed by atoms with van der Waals surface area (Å²) in [5.74, 6) is -0.212. The van der Waals surface area contributed by atoms with E-state index in [0.717, 1.165) is 27.9 Å². The minimum absolute atomic E-state index is 0.212. The lowest BCUT2D eigenvalue weighted by atomic mass is 9.95. The van der Waals surface area contributed by atoms with Crippen molar-refractivity contribution in [2.45, 2.75) is 6.54 Å². The Bertz CT molecular complexity index is 1170. The Morgan fingerprint density at radius 1 is 0.938 bits per heavy atom. The molecule has 0 spiro atoms. The number of benzene rings is 2. The zero-order valence-electron chi connectivity index (χ0n) is 17.8. The molecular formula is C24H24N6O2. The minimum atomic E-state index is -0.231. The number of para-hydroxylation sites is 1. The Labute approximate surface area is 186 Å². The van der Waals surface area contributed by atoms with Crippen molar-refractivity contribution in [3.8, 4) is 11.1 Å². The quantitative estimate of drug-likeness (QED) is 0.510. The highest BCUT2D eigenvalue weighted by molar-refractivity contribution is 6.25. The highest BCUT2D eigenvalue weighted by atomic mass is 16.2. The Kier molecular flexibility index (Phi) is 6.14. The Morgan fingerprint density at radius 3 is 2.53 bits per heavy atom. The van der Waals surface area contributed by atoms with E-state index in [2.05, 4.69) is 26.5 Å². The molecule has 8 heteroatoms. The van der Waals surface area contributed by atoms with Crippen LogP contribution in [0, 0.1) is 0 Å². The second-order valence-corrected chi connectivity index (χ2v) is 7.53. The molecule has 1 aromatic heterocycles. The second kappa shape index (κ2) is 9.32.